The number of benzene rings is 2. The van der Waals surface area contributed by atoms with E-state index in [1.807, 2.05) is 48.5 Å². The van der Waals surface area contributed by atoms with Gasteiger partial charge in [-0.25, -0.2) is 4.98 Å². The number of morpholine rings is 1. The Morgan fingerprint density at radius 1 is 1.16 bits per heavy atom. The second-order valence-corrected chi connectivity index (χ2v) is 8.42. The zero-order chi connectivity index (χ0) is 22.3. The van der Waals surface area contributed by atoms with Crippen molar-refractivity contribution in [3.8, 4) is 0 Å². The number of thioether (sulfide) groups is 1. The first-order chi connectivity index (χ1) is 15.7. The van der Waals surface area contributed by atoms with Crippen molar-refractivity contribution in [1.82, 2.24) is 9.55 Å². The average molecular weight is 454 g/mol. The lowest BCUT2D eigenvalue weighted by Crippen LogP contribution is -2.36. The standard InChI is InChI=1S/C24H27N3O4S/c1-2-31-22(28)17-32-24-25-21-9-8-19(26-12-14-30-15-13-26)16-20(21)23(29)27(24)11-10-18-6-4-3-5-7-18/h3-9,16H,2,10-15,17H2,1H3. The molecule has 0 bridgehead atoms. The summed E-state index contributed by atoms with van der Waals surface area (Å²) in [5.41, 5.74) is 2.69. The van der Waals surface area contributed by atoms with Crippen molar-refractivity contribution in [1.29, 1.82) is 0 Å². The highest BCUT2D eigenvalue weighted by molar-refractivity contribution is 7.99. The number of anilines is 1. The monoisotopic (exact) mass is 453 g/mol. The lowest BCUT2D eigenvalue weighted by atomic mass is 10.1. The Balaban J connectivity index is 1.68. The lowest BCUT2D eigenvalue weighted by Gasteiger charge is -2.29. The van der Waals surface area contributed by atoms with Gasteiger partial charge < -0.3 is 14.4 Å². The molecule has 4 rings (SSSR count). The number of fused-ring (bicyclic) bond motifs is 1. The summed E-state index contributed by atoms with van der Waals surface area (Å²) in [4.78, 5) is 32.4. The number of aromatic nitrogens is 2. The Kier molecular flexibility index (Phi) is 7.44. The van der Waals surface area contributed by atoms with E-state index in [0.717, 1.165) is 24.3 Å². The van der Waals surface area contributed by atoms with Crippen LogP contribution in [0.15, 0.2) is 58.5 Å². The largest absolute Gasteiger partial charge is 0.465 e. The smallest absolute Gasteiger partial charge is 0.316 e. The van der Waals surface area contributed by atoms with Crippen molar-refractivity contribution in [3.05, 3.63) is 64.4 Å². The van der Waals surface area contributed by atoms with E-state index in [4.69, 9.17) is 14.5 Å². The molecule has 168 valence electrons. The van der Waals surface area contributed by atoms with Crippen LogP contribution in [0.3, 0.4) is 0 Å². The summed E-state index contributed by atoms with van der Waals surface area (Å²) in [5.74, 6) is -0.202. The minimum Gasteiger partial charge on any atom is -0.465 e. The number of carbonyl (C=O) groups is 1. The number of carbonyl (C=O) groups excluding carboxylic acids is 1. The number of ether oxygens (including phenoxy) is 2. The molecule has 0 radical (unpaired) electrons. The van der Waals surface area contributed by atoms with E-state index in [1.165, 1.54) is 11.8 Å². The fourth-order valence-corrected chi connectivity index (χ4v) is 4.55. The summed E-state index contributed by atoms with van der Waals surface area (Å²) >= 11 is 1.24. The fourth-order valence-electron chi connectivity index (χ4n) is 3.73. The Bertz CT molecular complexity index is 1130. The Morgan fingerprint density at radius 2 is 1.94 bits per heavy atom. The van der Waals surface area contributed by atoms with E-state index < -0.39 is 0 Å². The van der Waals surface area contributed by atoms with E-state index in [-0.39, 0.29) is 17.3 Å². The maximum absolute atomic E-state index is 13.5. The van der Waals surface area contributed by atoms with Crippen LogP contribution >= 0.6 is 11.8 Å². The van der Waals surface area contributed by atoms with Gasteiger partial charge in [0.25, 0.3) is 5.56 Å². The number of rotatable bonds is 8. The van der Waals surface area contributed by atoms with Crippen molar-refractivity contribution in [2.45, 2.75) is 25.0 Å². The highest BCUT2D eigenvalue weighted by Gasteiger charge is 2.17. The van der Waals surface area contributed by atoms with Crippen molar-refractivity contribution in [2.75, 3.05) is 43.6 Å². The van der Waals surface area contributed by atoms with Crippen molar-refractivity contribution >= 4 is 34.3 Å². The molecule has 0 saturated carbocycles. The van der Waals surface area contributed by atoms with Gasteiger partial charge in [-0.05, 0) is 37.1 Å². The molecular formula is C24H27N3O4S. The highest BCUT2D eigenvalue weighted by atomic mass is 32.2. The average Bonchev–Trinajstić information content (AvgIpc) is 2.83. The third-order valence-corrected chi connectivity index (χ3v) is 6.32. The van der Waals surface area contributed by atoms with Crippen LogP contribution in [0.4, 0.5) is 5.69 Å². The van der Waals surface area contributed by atoms with E-state index in [9.17, 15) is 9.59 Å². The minimum atomic E-state index is -0.316. The predicted octanol–water partition coefficient (Wildman–Crippen LogP) is 3.13. The molecule has 1 fully saturated rings. The summed E-state index contributed by atoms with van der Waals surface area (Å²) in [5, 5.41) is 1.12. The summed E-state index contributed by atoms with van der Waals surface area (Å²) in [7, 11) is 0. The van der Waals surface area contributed by atoms with Gasteiger partial charge in [0.1, 0.15) is 0 Å². The van der Waals surface area contributed by atoms with Crippen LogP contribution in [0, 0.1) is 0 Å². The van der Waals surface area contributed by atoms with Gasteiger partial charge >= 0.3 is 5.97 Å². The molecule has 7 nitrogen and oxygen atoms in total. The third kappa shape index (κ3) is 5.31. The van der Waals surface area contributed by atoms with Gasteiger partial charge in [0.05, 0.1) is 36.5 Å². The number of esters is 1. The molecule has 0 N–H and O–H groups in total. The van der Waals surface area contributed by atoms with Crippen LogP contribution < -0.4 is 10.5 Å². The van der Waals surface area contributed by atoms with Crippen molar-refractivity contribution in [2.24, 2.45) is 0 Å². The molecule has 1 aliphatic rings. The Hall–Kier alpha value is -2.84. The molecule has 1 saturated heterocycles. The van der Waals surface area contributed by atoms with E-state index in [2.05, 4.69) is 4.90 Å². The molecule has 1 aliphatic heterocycles. The molecule has 1 aromatic heterocycles. The normalized spacial score (nSPS) is 14.0. The number of hydrogen-bond donors (Lipinski definition) is 0. The minimum absolute atomic E-state index is 0.0904. The van der Waals surface area contributed by atoms with Gasteiger partial charge in [0, 0.05) is 25.3 Å². The summed E-state index contributed by atoms with van der Waals surface area (Å²) < 4.78 is 12.2. The first-order valence-corrected chi connectivity index (χ1v) is 11.8. The second kappa shape index (κ2) is 10.7. The first kappa shape index (κ1) is 22.4. The van der Waals surface area contributed by atoms with Crippen molar-refractivity contribution < 1.29 is 14.3 Å². The SMILES string of the molecule is CCOC(=O)CSc1nc2ccc(N3CCOCC3)cc2c(=O)n1CCc1ccccc1. The summed E-state index contributed by atoms with van der Waals surface area (Å²) in [6.45, 7) is 5.55. The molecule has 0 amide bonds. The van der Waals surface area contributed by atoms with Gasteiger partial charge in [-0.1, -0.05) is 42.1 Å². The molecule has 32 heavy (non-hydrogen) atoms. The molecule has 0 aliphatic carbocycles. The van der Waals surface area contributed by atoms with Crippen molar-refractivity contribution in [3.63, 3.8) is 0 Å². The third-order valence-electron chi connectivity index (χ3n) is 5.37. The lowest BCUT2D eigenvalue weighted by molar-refractivity contribution is -0.139. The van der Waals surface area contributed by atoms with Gasteiger partial charge in [-0.2, -0.15) is 0 Å². The zero-order valence-corrected chi connectivity index (χ0v) is 19.0. The van der Waals surface area contributed by atoms with Crippen LogP contribution in [0.1, 0.15) is 12.5 Å². The van der Waals surface area contributed by atoms with Gasteiger partial charge in [-0.3, -0.25) is 14.2 Å². The van der Waals surface area contributed by atoms with Crippen LogP contribution in [0.2, 0.25) is 0 Å². The zero-order valence-electron chi connectivity index (χ0n) is 18.2. The number of nitrogens with zero attached hydrogens (tertiary/aromatic N) is 3. The topological polar surface area (TPSA) is 73.7 Å². The maximum atomic E-state index is 13.5. The molecule has 2 aromatic carbocycles. The predicted molar refractivity (Wildman–Crippen MR) is 127 cm³/mol. The number of aryl methyl sites for hydroxylation is 1. The molecule has 2 heterocycles. The molecule has 3 aromatic rings. The van der Waals surface area contributed by atoms with Crippen LogP contribution in [0.5, 0.6) is 0 Å². The molecule has 8 heteroatoms. The highest BCUT2D eigenvalue weighted by Crippen LogP contribution is 2.23. The second-order valence-electron chi connectivity index (χ2n) is 7.48. The quantitative estimate of drug-likeness (QED) is 0.295. The van der Waals surface area contributed by atoms with Crippen LogP contribution in [-0.2, 0) is 27.2 Å². The Labute approximate surface area is 191 Å². The molecule has 0 spiro atoms. The molecule has 0 unspecified atom stereocenters. The van der Waals surface area contributed by atoms with E-state index in [1.54, 1.807) is 11.5 Å². The van der Waals surface area contributed by atoms with Crippen LogP contribution in [0.25, 0.3) is 10.9 Å². The molecule has 0 atom stereocenters. The summed E-state index contributed by atoms with van der Waals surface area (Å²) in [6, 6.07) is 15.8. The fraction of sp³-hybridized carbons (Fsp3) is 0.375. The maximum Gasteiger partial charge on any atom is 0.316 e. The van der Waals surface area contributed by atoms with E-state index >= 15 is 0 Å². The van der Waals surface area contributed by atoms with Gasteiger partial charge in [0.2, 0.25) is 0 Å². The number of hydrogen-bond acceptors (Lipinski definition) is 7. The first-order valence-electron chi connectivity index (χ1n) is 10.9. The van der Waals surface area contributed by atoms with Gasteiger partial charge in [0.15, 0.2) is 5.16 Å². The van der Waals surface area contributed by atoms with Crippen LogP contribution in [-0.4, -0.2) is 54.2 Å². The van der Waals surface area contributed by atoms with E-state index in [0.29, 0.717) is 48.8 Å². The Morgan fingerprint density at radius 3 is 2.69 bits per heavy atom. The summed E-state index contributed by atoms with van der Waals surface area (Å²) in [6.07, 6.45) is 0.698. The van der Waals surface area contributed by atoms with Gasteiger partial charge in [-0.15, -0.1) is 0 Å². The molecular weight excluding hydrogens is 426 g/mol.